The van der Waals surface area contributed by atoms with Crippen LogP contribution < -0.4 is 0 Å². The molecule has 1 aromatic heterocycles. The molecule has 0 aromatic carbocycles. The van der Waals surface area contributed by atoms with E-state index >= 15 is 0 Å². The third kappa shape index (κ3) is 3.56. The van der Waals surface area contributed by atoms with E-state index in [1.54, 1.807) is 23.1 Å². The standard InChI is InChI=1S/C13H19NO2S2/c1-13(2,3)11-8-18-12(14-11)6-9(15)10-7-17-5-4-16-10/h8,10H,4-7H2,1-3H3. The number of thioether (sulfide) groups is 1. The lowest BCUT2D eigenvalue weighted by Gasteiger charge is -2.20. The second-order valence-corrected chi connectivity index (χ2v) is 7.55. The number of Topliss-reactive ketones (excluding diaryl/α,β-unsaturated/α-hetero) is 1. The van der Waals surface area contributed by atoms with E-state index in [4.69, 9.17) is 4.74 Å². The Hall–Kier alpha value is -0.390. The summed E-state index contributed by atoms with van der Waals surface area (Å²) in [5.41, 5.74) is 1.11. The first-order chi connectivity index (χ1) is 8.47. The molecule has 2 heterocycles. The predicted molar refractivity (Wildman–Crippen MR) is 76.6 cm³/mol. The van der Waals surface area contributed by atoms with Crippen molar-refractivity contribution in [2.24, 2.45) is 0 Å². The van der Waals surface area contributed by atoms with Gasteiger partial charge in [-0.2, -0.15) is 11.8 Å². The van der Waals surface area contributed by atoms with E-state index in [1.165, 1.54) is 0 Å². The molecule has 0 bridgehead atoms. The molecule has 0 spiro atoms. The highest BCUT2D eigenvalue weighted by atomic mass is 32.2. The van der Waals surface area contributed by atoms with E-state index in [0.717, 1.165) is 22.2 Å². The average molecular weight is 285 g/mol. The van der Waals surface area contributed by atoms with Crippen molar-refractivity contribution in [2.75, 3.05) is 18.1 Å². The molecule has 1 saturated heterocycles. The minimum absolute atomic E-state index is 0.0506. The Labute approximate surface area is 116 Å². The third-order valence-corrected chi connectivity index (χ3v) is 4.66. The van der Waals surface area contributed by atoms with Crippen LogP contribution in [-0.2, 0) is 21.4 Å². The SMILES string of the molecule is CC(C)(C)c1csc(CC(=O)C2CSCCO2)n1. The fourth-order valence-corrected chi connectivity index (χ4v) is 3.58. The van der Waals surface area contributed by atoms with Gasteiger partial charge in [-0.3, -0.25) is 4.79 Å². The Bertz CT molecular complexity index is 417. The first kappa shape index (κ1) is 14.0. The molecule has 1 aliphatic rings. The van der Waals surface area contributed by atoms with Crippen LogP contribution in [0.3, 0.4) is 0 Å². The summed E-state index contributed by atoms with van der Waals surface area (Å²) in [5, 5.41) is 2.96. The molecule has 1 aromatic rings. The van der Waals surface area contributed by atoms with E-state index < -0.39 is 0 Å². The van der Waals surface area contributed by atoms with Crippen LogP contribution in [0.4, 0.5) is 0 Å². The number of hydrogen-bond donors (Lipinski definition) is 0. The molecule has 3 nitrogen and oxygen atoms in total. The predicted octanol–water partition coefficient (Wildman–Crippen LogP) is 2.68. The van der Waals surface area contributed by atoms with E-state index in [0.29, 0.717) is 13.0 Å². The zero-order chi connectivity index (χ0) is 13.2. The highest BCUT2D eigenvalue weighted by Crippen LogP contribution is 2.24. The van der Waals surface area contributed by atoms with Gasteiger partial charge < -0.3 is 4.74 Å². The number of carbonyl (C=O) groups is 1. The summed E-state index contributed by atoms with van der Waals surface area (Å²) >= 11 is 3.36. The highest BCUT2D eigenvalue weighted by molar-refractivity contribution is 7.99. The first-order valence-electron chi connectivity index (χ1n) is 6.14. The molecular weight excluding hydrogens is 266 g/mol. The smallest absolute Gasteiger partial charge is 0.169 e. The largest absolute Gasteiger partial charge is 0.369 e. The van der Waals surface area contributed by atoms with Gasteiger partial charge in [-0.25, -0.2) is 4.98 Å². The van der Waals surface area contributed by atoms with Crippen LogP contribution in [0.15, 0.2) is 5.38 Å². The van der Waals surface area contributed by atoms with Crippen molar-refractivity contribution >= 4 is 28.9 Å². The Kier molecular flexibility index (Phi) is 4.45. The normalized spacial score (nSPS) is 20.9. The maximum absolute atomic E-state index is 12.1. The van der Waals surface area contributed by atoms with Gasteiger partial charge >= 0.3 is 0 Å². The van der Waals surface area contributed by atoms with Gasteiger partial charge in [0.2, 0.25) is 0 Å². The Morgan fingerprint density at radius 3 is 2.89 bits per heavy atom. The van der Waals surface area contributed by atoms with Gasteiger partial charge in [0.15, 0.2) is 5.78 Å². The number of aromatic nitrogens is 1. The fourth-order valence-electron chi connectivity index (χ4n) is 1.67. The maximum Gasteiger partial charge on any atom is 0.169 e. The van der Waals surface area contributed by atoms with E-state index in [9.17, 15) is 4.79 Å². The molecule has 1 aliphatic heterocycles. The highest BCUT2D eigenvalue weighted by Gasteiger charge is 2.24. The molecular formula is C13H19NO2S2. The van der Waals surface area contributed by atoms with Gasteiger partial charge in [0.1, 0.15) is 11.1 Å². The minimum atomic E-state index is -0.231. The summed E-state index contributed by atoms with van der Waals surface area (Å²) in [6, 6.07) is 0. The van der Waals surface area contributed by atoms with Crippen LogP contribution in [0.5, 0.6) is 0 Å². The van der Waals surface area contributed by atoms with Crippen LogP contribution in [0, 0.1) is 0 Å². The quantitative estimate of drug-likeness (QED) is 0.856. The number of nitrogens with zero attached hydrogens (tertiary/aromatic N) is 1. The summed E-state index contributed by atoms with van der Waals surface area (Å²) in [4.78, 5) is 16.6. The first-order valence-corrected chi connectivity index (χ1v) is 8.17. The number of hydrogen-bond acceptors (Lipinski definition) is 5. The zero-order valence-corrected chi connectivity index (χ0v) is 12.7. The van der Waals surface area contributed by atoms with Crippen molar-refractivity contribution in [3.8, 4) is 0 Å². The molecule has 2 rings (SSSR count). The van der Waals surface area contributed by atoms with E-state index in [2.05, 4.69) is 31.1 Å². The van der Waals surface area contributed by atoms with E-state index in [-0.39, 0.29) is 17.3 Å². The fraction of sp³-hybridized carbons (Fsp3) is 0.692. The molecule has 0 radical (unpaired) electrons. The maximum atomic E-state index is 12.1. The minimum Gasteiger partial charge on any atom is -0.369 e. The summed E-state index contributed by atoms with van der Waals surface area (Å²) in [5.74, 6) is 1.95. The molecule has 0 N–H and O–H groups in total. The van der Waals surface area contributed by atoms with Crippen LogP contribution in [0.25, 0.3) is 0 Å². The molecule has 1 unspecified atom stereocenters. The lowest BCUT2D eigenvalue weighted by molar-refractivity contribution is -0.128. The topological polar surface area (TPSA) is 39.2 Å². The Morgan fingerprint density at radius 2 is 2.33 bits per heavy atom. The summed E-state index contributed by atoms with van der Waals surface area (Å²) in [7, 11) is 0. The van der Waals surface area contributed by atoms with Gasteiger partial charge in [-0.1, -0.05) is 20.8 Å². The van der Waals surface area contributed by atoms with Gasteiger partial charge in [-0.15, -0.1) is 11.3 Å². The number of ether oxygens (including phenoxy) is 1. The van der Waals surface area contributed by atoms with E-state index in [1.807, 2.05) is 0 Å². The second kappa shape index (κ2) is 5.72. The number of ketones is 1. The Morgan fingerprint density at radius 1 is 1.56 bits per heavy atom. The van der Waals surface area contributed by atoms with Gasteiger partial charge in [0, 0.05) is 22.3 Å². The molecule has 0 saturated carbocycles. The van der Waals surface area contributed by atoms with Crippen molar-refractivity contribution in [3.63, 3.8) is 0 Å². The van der Waals surface area contributed by atoms with Gasteiger partial charge in [-0.05, 0) is 0 Å². The summed E-state index contributed by atoms with van der Waals surface area (Å²) < 4.78 is 5.49. The lowest BCUT2D eigenvalue weighted by Crippen LogP contribution is -2.32. The molecule has 100 valence electrons. The zero-order valence-electron chi connectivity index (χ0n) is 11.1. The lowest BCUT2D eigenvalue weighted by atomic mass is 9.93. The van der Waals surface area contributed by atoms with Crippen LogP contribution in [-0.4, -0.2) is 35.0 Å². The van der Waals surface area contributed by atoms with Crippen molar-refractivity contribution in [1.82, 2.24) is 4.98 Å². The molecule has 1 fully saturated rings. The molecule has 0 amide bonds. The van der Waals surface area contributed by atoms with Crippen molar-refractivity contribution < 1.29 is 9.53 Å². The summed E-state index contributed by atoms with van der Waals surface area (Å²) in [6.45, 7) is 7.09. The van der Waals surface area contributed by atoms with Crippen molar-refractivity contribution in [2.45, 2.75) is 38.7 Å². The summed E-state index contributed by atoms with van der Waals surface area (Å²) in [6.07, 6.45) is 0.178. The van der Waals surface area contributed by atoms with Crippen LogP contribution >= 0.6 is 23.1 Å². The van der Waals surface area contributed by atoms with Gasteiger partial charge in [0.25, 0.3) is 0 Å². The molecule has 0 aliphatic carbocycles. The van der Waals surface area contributed by atoms with Crippen LogP contribution in [0.1, 0.15) is 31.5 Å². The van der Waals surface area contributed by atoms with Crippen molar-refractivity contribution in [3.05, 3.63) is 16.1 Å². The Balaban J connectivity index is 1.96. The average Bonchev–Trinajstić information content (AvgIpc) is 2.78. The van der Waals surface area contributed by atoms with Crippen molar-refractivity contribution in [1.29, 1.82) is 0 Å². The molecule has 5 heteroatoms. The second-order valence-electron chi connectivity index (χ2n) is 5.45. The number of carbonyl (C=O) groups excluding carboxylic acids is 1. The third-order valence-electron chi connectivity index (χ3n) is 2.82. The van der Waals surface area contributed by atoms with Crippen LogP contribution in [0.2, 0.25) is 0 Å². The van der Waals surface area contributed by atoms with Gasteiger partial charge in [0.05, 0.1) is 18.7 Å². The number of thiazole rings is 1. The molecule has 18 heavy (non-hydrogen) atoms. The molecule has 1 atom stereocenters. The monoisotopic (exact) mass is 285 g/mol. The number of rotatable bonds is 3.